The van der Waals surface area contributed by atoms with Crippen LogP contribution in [0.1, 0.15) is 12.0 Å². The molecule has 1 heterocycles. The maximum Gasteiger partial charge on any atom is 1.00 e. The third kappa shape index (κ3) is 10.0. The van der Waals surface area contributed by atoms with Crippen LogP contribution in [0.4, 0.5) is 0 Å². The largest absolute Gasteiger partial charge is 1.00 e. The average molecular weight is 521 g/mol. The van der Waals surface area contributed by atoms with E-state index >= 15 is 0 Å². The summed E-state index contributed by atoms with van der Waals surface area (Å²) in [7, 11) is 0. The molecule has 0 amide bonds. The second-order valence-corrected chi connectivity index (χ2v) is 8.80. The number of hydrogen-bond donors (Lipinski definition) is 0. The number of nitrogens with zero attached hydrogens (tertiary/aromatic N) is 1. The van der Waals surface area contributed by atoms with Gasteiger partial charge in [-0.3, -0.25) is 4.90 Å². The number of aryl methyl sites for hydroxylation is 1. The van der Waals surface area contributed by atoms with Crippen LogP contribution in [-0.4, -0.2) is 90.6 Å². The molecule has 0 aromatic heterocycles. The molecule has 0 N–H and O–H groups in total. The van der Waals surface area contributed by atoms with Crippen molar-refractivity contribution in [1.82, 2.24) is 4.90 Å². The number of benzene rings is 3. The fourth-order valence-electron chi connectivity index (χ4n) is 4.56. The number of rotatable bonds is 4. The summed E-state index contributed by atoms with van der Waals surface area (Å²) in [6, 6.07) is 19.8. The molecule has 0 bridgehead atoms. The predicted octanol–water partition coefficient (Wildman–Crippen LogP) is 1.33. The summed E-state index contributed by atoms with van der Waals surface area (Å²) >= 11 is 0. The molecule has 1 aliphatic heterocycles. The Labute approximate surface area is 258 Å². The van der Waals surface area contributed by atoms with E-state index in [2.05, 4.69) is 59.5 Å². The Morgan fingerprint density at radius 2 is 0.972 bits per heavy atom. The molecule has 190 valence electrons. The van der Waals surface area contributed by atoms with Gasteiger partial charge in [-0.1, -0.05) is 48.5 Å². The van der Waals surface area contributed by atoms with Crippen LogP contribution in [0.3, 0.4) is 0 Å². The third-order valence-electron chi connectivity index (χ3n) is 6.38. The van der Waals surface area contributed by atoms with Gasteiger partial charge in [-0.15, -0.1) is 0 Å². The Kier molecular flexibility index (Phi) is 15.0. The first kappa shape index (κ1) is 30.1. The molecule has 0 spiro atoms. The molecular formula is C29H39KNO5+. The molecule has 7 heteroatoms. The molecule has 4 rings (SSSR count). The maximum atomic E-state index is 5.82. The van der Waals surface area contributed by atoms with Crippen LogP contribution in [0, 0.1) is 0 Å². The van der Waals surface area contributed by atoms with Crippen LogP contribution in [-0.2, 0) is 30.1 Å². The van der Waals surface area contributed by atoms with E-state index in [9.17, 15) is 0 Å². The van der Waals surface area contributed by atoms with Crippen LogP contribution < -0.4 is 51.4 Å². The summed E-state index contributed by atoms with van der Waals surface area (Å²) in [5.41, 5.74) is 1.45. The minimum absolute atomic E-state index is 0. The van der Waals surface area contributed by atoms with Gasteiger partial charge in [0.2, 0.25) is 0 Å². The summed E-state index contributed by atoms with van der Waals surface area (Å²) in [6.07, 6.45) is 2.13. The molecule has 3 aromatic rings. The van der Waals surface area contributed by atoms with Crippen molar-refractivity contribution in [2.45, 2.75) is 12.8 Å². The van der Waals surface area contributed by atoms with E-state index in [1.165, 1.54) is 27.1 Å². The average Bonchev–Trinajstić information content (AvgIpc) is 2.89. The molecule has 1 fully saturated rings. The molecule has 1 aliphatic rings. The van der Waals surface area contributed by atoms with E-state index in [4.69, 9.17) is 23.7 Å². The van der Waals surface area contributed by atoms with Crippen molar-refractivity contribution in [3.05, 3.63) is 60.2 Å². The standard InChI is InChI=1S/C29H39NO5.K/c1-3-8-27-25(6-1)24-26-7-2-4-9-28(26)29(27)10-5-11-30-12-14-31-16-18-33-20-22-35-23-21-34-19-17-32-15-13-30;/h1-4,6-9,24H,5,10-23H2;/q;+1. The summed E-state index contributed by atoms with van der Waals surface area (Å²) in [4.78, 5) is 2.45. The zero-order chi connectivity index (χ0) is 24.0. The smallest absolute Gasteiger partial charge is 0.378 e. The van der Waals surface area contributed by atoms with Crippen LogP contribution in [0.5, 0.6) is 0 Å². The van der Waals surface area contributed by atoms with Gasteiger partial charge in [-0.2, -0.15) is 0 Å². The Balaban J connectivity index is 0.00000361. The Morgan fingerprint density at radius 1 is 0.556 bits per heavy atom. The van der Waals surface area contributed by atoms with Gasteiger partial charge in [0.05, 0.1) is 66.1 Å². The van der Waals surface area contributed by atoms with Crippen LogP contribution in [0.25, 0.3) is 21.5 Å². The Hall–Kier alpha value is -0.424. The van der Waals surface area contributed by atoms with Gasteiger partial charge in [-0.05, 0) is 52.6 Å². The van der Waals surface area contributed by atoms with Gasteiger partial charge < -0.3 is 23.7 Å². The number of hydrogen-bond acceptors (Lipinski definition) is 6. The SMILES string of the molecule is [K+].c1ccc2c(CCCN3CCOCCOCCOCCOCCOCC3)c3ccccc3cc2c1. The van der Waals surface area contributed by atoms with Crippen LogP contribution in [0.2, 0.25) is 0 Å². The zero-order valence-electron chi connectivity index (χ0n) is 21.8. The second kappa shape index (κ2) is 18.0. The quantitative estimate of drug-likeness (QED) is 0.382. The van der Waals surface area contributed by atoms with Gasteiger partial charge in [-0.25, -0.2) is 0 Å². The van der Waals surface area contributed by atoms with Crippen molar-refractivity contribution in [3.8, 4) is 0 Å². The van der Waals surface area contributed by atoms with Gasteiger partial charge >= 0.3 is 51.4 Å². The van der Waals surface area contributed by atoms with Crippen LogP contribution in [0.15, 0.2) is 54.6 Å². The summed E-state index contributed by atoms with van der Waals surface area (Å²) in [5.74, 6) is 0. The summed E-state index contributed by atoms with van der Waals surface area (Å²) < 4.78 is 28.2. The molecule has 6 nitrogen and oxygen atoms in total. The van der Waals surface area contributed by atoms with E-state index in [0.717, 1.165) is 32.5 Å². The first-order chi connectivity index (χ1) is 17.4. The van der Waals surface area contributed by atoms with E-state index in [0.29, 0.717) is 66.1 Å². The minimum Gasteiger partial charge on any atom is -0.378 e. The molecule has 0 radical (unpaired) electrons. The van der Waals surface area contributed by atoms with Gasteiger partial charge in [0.15, 0.2) is 0 Å². The van der Waals surface area contributed by atoms with Gasteiger partial charge in [0.1, 0.15) is 0 Å². The summed E-state index contributed by atoms with van der Waals surface area (Å²) in [6.45, 7) is 8.91. The predicted molar refractivity (Wildman–Crippen MR) is 140 cm³/mol. The van der Waals surface area contributed by atoms with E-state index < -0.39 is 0 Å². The molecule has 36 heavy (non-hydrogen) atoms. The molecule has 0 unspecified atom stereocenters. The van der Waals surface area contributed by atoms with Crippen molar-refractivity contribution in [2.75, 3.05) is 85.7 Å². The van der Waals surface area contributed by atoms with E-state index in [1.807, 2.05) is 0 Å². The zero-order valence-corrected chi connectivity index (χ0v) is 24.9. The summed E-state index contributed by atoms with van der Waals surface area (Å²) in [5, 5.41) is 5.36. The maximum absolute atomic E-state index is 5.82. The minimum atomic E-state index is 0. The van der Waals surface area contributed by atoms with Crippen molar-refractivity contribution in [2.24, 2.45) is 0 Å². The molecular weight excluding hydrogens is 481 g/mol. The molecule has 1 saturated heterocycles. The van der Waals surface area contributed by atoms with Crippen molar-refractivity contribution in [3.63, 3.8) is 0 Å². The monoisotopic (exact) mass is 520 g/mol. The van der Waals surface area contributed by atoms with Crippen molar-refractivity contribution >= 4 is 21.5 Å². The second-order valence-electron chi connectivity index (χ2n) is 8.80. The first-order valence-corrected chi connectivity index (χ1v) is 12.9. The van der Waals surface area contributed by atoms with Gasteiger partial charge in [0.25, 0.3) is 0 Å². The molecule has 0 saturated carbocycles. The molecule has 0 atom stereocenters. The molecule has 3 aromatic carbocycles. The fourth-order valence-corrected chi connectivity index (χ4v) is 4.56. The van der Waals surface area contributed by atoms with E-state index in [-0.39, 0.29) is 51.4 Å². The van der Waals surface area contributed by atoms with Crippen molar-refractivity contribution in [1.29, 1.82) is 0 Å². The molecule has 0 aliphatic carbocycles. The Bertz CT molecular complexity index is 945. The van der Waals surface area contributed by atoms with Crippen molar-refractivity contribution < 1.29 is 75.1 Å². The first-order valence-electron chi connectivity index (χ1n) is 12.9. The Morgan fingerprint density at radius 3 is 1.44 bits per heavy atom. The third-order valence-corrected chi connectivity index (χ3v) is 6.38. The fraction of sp³-hybridized carbons (Fsp3) is 0.517. The topological polar surface area (TPSA) is 49.4 Å². The number of fused-ring (bicyclic) bond motifs is 2. The normalized spacial score (nSPS) is 18.3. The van der Waals surface area contributed by atoms with Gasteiger partial charge in [0, 0.05) is 13.1 Å². The number of ether oxygens (including phenoxy) is 5. The van der Waals surface area contributed by atoms with E-state index in [1.54, 1.807) is 0 Å². The van der Waals surface area contributed by atoms with Crippen LogP contribution >= 0.6 is 0 Å².